The van der Waals surface area contributed by atoms with E-state index in [2.05, 4.69) is 0 Å². The van der Waals surface area contributed by atoms with Crippen molar-refractivity contribution in [3.63, 3.8) is 0 Å². The average Bonchev–Trinajstić information content (AvgIpc) is 0.918. The largest absolute Gasteiger partial charge is 1.00 e. The minimum absolute atomic E-state index is 0. The van der Waals surface area contributed by atoms with E-state index in [0.29, 0.717) is 0 Å². The van der Waals surface area contributed by atoms with E-state index in [1.807, 2.05) is 0 Å². The summed E-state index contributed by atoms with van der Waals surface area (Å²) in [6, 6.07) is 0. The van der Waals surface area contributed by atoms with Crippen LogP contribution in [0.5, 0.6) is 0 Å². The molecule has 0 aromatic rings. The minimum Gasteiger partial charge on any atom is -0.566 e. The Balaban J connectivity index is -0.00000000667. The van der Waals surface area contributed by atoms with Gasteiger partial charge in [0.05, 0.1) is 0 Å². The Bertz CT molecular complexity index is 8.75. The van der Waals surface area contributed by atoms with Gasteiger partial charge in [-0.2, -0.15) is 6.92 Å². The summed E-state index contributed by atoms with van der Waals surface area (Å²) in [4.78, 5) is 0. The summed E-state index contributed by atoms with van der Waals surface area (Å²) < 4.78 is 0. The van der Waals surface area contributed by atoms with Crippen LogP contribution in [-0.4, -0.2) is 16.1 Å². The van der Waals surface area contributed by atoms with Crippen molar-refractivity contribution in [1.82, 2.24) is 0 Å². The van der Waals surface area contributed by atoms with Crippen molar-refractivity contribution in [3.05, 3.63) is 6.61 Å². The van der Waals surface area contributed by atoms with Crippen molar-refractivity contribution in [2.75, 3.05) is 0 Å². The van der Waals surface area contributed by atoms with Gasteiger partial charge < -0.3 is 16.1 Å². The summed E-state index contributed by atoms with van der Waals surface area (Å²) >= 11 is 0. The van der Waals surface area contributed by atoms with Crippen LogP contribution in [0.4, 0.5) is 0 Å². The first-order valence-electron chi connectivity index (χ1n) is 0.836. The predicted molar refractivity (Wildman–Crippen MR) is 19.1 cm³/mol. The molecule has 0 saturated carbocycles. The zero-order valence-electron chi connectivity index (χ0n) is 4.02. The van der Waals surface area contributed by atoms with Gasteiger partial charge in [-0.25, -0.2) is 6.61 Å². The molecule has 0 atom stereocenters. The summed E-state index contributed by atoms with van der Waals surface area (Å²) in [6.07, 6.45) is 0. The number of hydrogen-bond acceptors (Lipinski definition) is 1. The Kier molecular flexibility index (Phi) is 135. The predicted octanol–water partition coefficient (Wildman–Crippen LogP) is -4.10. The van der Waals surface area contributed by atoms with Gasteiger partial charge in [0.1, 0.15) is 0 Å². The second-order valence-electron chi connectivity index (χ2n) is 0.258. The third kappa shape index (κ3) is 48.9. The van der Waals surface area contributed by atoms with Crippen LogP contribution in [0.1, 0.15) is 6.92 Å². The molecule has 0 aromatic carbocycles. The summed E-state index contributed by atoms with van der Waals surface area (Å²) in [5.41, 5.74) is 0. The van der Waals surface area contributed by atoms with Crippen molar-refractivity contribution < 1.29 is 67.4 Å². The maximum absolute atomic E-state index is 7.44. The molecule has 5 N–H and O–H groups in total. The molecule has 3 nitrogen and oxygen atoms in total. The van der Waals surface area contributed by atoms with E-state index in [1.54, 1.807) is 6.92 Å². The molecule has 36 valence electrons. The molecular weight excluding hydrogens is 111 g/mol. The molecule has 0 unspecified atom stereocenters. The van der Waals surface area contributed by atoms with Gasteiger partial charge in [-0.3, -0.25) is 0 Å². The van der Waals surface area contributed by atoms with Gasteiger partial charge in [0.25, 0.3) is 0 Å². The Morgan fingerprint density at radius 1 is 1.33 bits per heavy atom. The Morgan fingerprint density at radius 3 is 1.33 bits per heavy atom. The SMILES string of the molecule is C[CH-]O.O.O.[K+]. The van der Waals surface area contributed by atoms with Crippen molar-refractivity contribution in [3.8, 4) is 0 Å². The third-order valence-corrected chi connectivity index (χ3v) is 0. The van der Waals surface area contributed by atoms with Crippen LogP contribution in [0.25, 0.3) is 0 Å². The Labute approximate surface area is 79.8 Å². The zero-order chi connectivity index (χ0) is 2.71. The molecule has 4 heteroatoms. The smallest absolute Gasteiger partial charge is 0.566 e. The Hall–Kier alpha value is 1.52. The van der Waals surface area contributed by atoms with E-state index in [9.17, 15) is 0 Å². The van der Waals surface area contributed by atoms with Gasteiger partial charge in [-0.1, -0.05) is 0 Å². The summed E-state index contributed by atoms with van der Waals surface area (Å²) in [5.74, 6) is 0. The topological polar surface area (TPSA) is 83.2 Å². The molecule has 0 bridgehead atoms. The fourth-order valence-corrected chi connectivity index (χ4v) is 0. The van der Waals surface area contributed by atoms with Gasteiger partial charge in [-0.05, 0) is 0 Å². The fraction of sp³-hybridized carbons (Fsp3) is 0.500. The van der Waals surface area contributed by atoms with E-state index in [4.69, 9.17) is 5.11 Å². The molecule has 0 amide bonds. The number of hydrogen-bond donors (Lipinski definition) is 1. The molecule has 0 aliphatic rings. The molecule has 0 aliphatic heterocycles. The van der Waals surface area contributed by atoms with Crippen molar-refractivity contribution in [1.29, 1.82) is 0 Å². The van der Waals surface area contributed by atoms with E-state index in [0.717, 1.165) is 6.61 Å². The quantitative estimate of drug-likeness (QED) is 0.256. The minimum atomic E-state index is 0. The van der Waals surface area contributed by atoms with Gasteiger partial charge >= 0.3 is 51.4 Å². The standard InChI is InChI=1S/C2H5O.K.2H2O/c1-2-3;;;/h2-3H,1H3;;2*1H2/q-1;+1;;. The molecule has 0 aromatic heterocycles. The molecule has 0 spiro atoms. The molecule has 0 radical (unpaired) electrons. The van der Waals surface area contributed by atoms with Gasteiger partial charge in [0, 0.05) is 0 Å². The van der Waals surface area contributed by atoms with Crippen LogP contribution in [0.15, 0.2) is 0 Å². The number of aliphatic hydroxyl groups excluding tert-OH is 1. The van der Waals surface area contributed by atoms with Crippen molar-refractivity contribution in [2.24, 2.45) is 0 Å². The van der Waals surface area contributed by atoms with Gasteiger partial charge in [0.15, 0.2) is 0 Å². The van der Waals surface area contributed by atoms with E-state index >= 15 is 0 Å². The van der Waals surface area contributed by atoms with Crippen molar-refractivity contribution >= 4 is 0 Å². The first kappa shape index (κ1) is 25.8. The summed E-state index contributed by atoms with van der Waals surface area (Å²) in [7, 11) is 0. The molecule has 0 heterocycles. The van der Waals surface area contributed by atoms with Crippen LogP contribution in [0, 0.1) is 6.61 Å². The first-order chi connectivity index (χ1) is 1.41. The molecule has 0 fully saturated rings. The second-order valence-corrected chi connectivity index (χ2v) is 0.258. The fourth-order valence-electron chi connectivity index (χ4n) is 0. The van der Waals surface area contributed by atoms with Crippen LogP contribution >= 0.6 is 0 Å². The zero-order valence-corrected chi connectivity index (χ0v) is 7.15. The average molecular weight is 120 g/mol. The molecule has 0 saturated heterocycles. The van der Waals surface area contributed by atoms with E-state index in [1.165, 1.54) is 0 Å². The van der Waals surface area contributed by atoms with E-state index in [-0.39, 0.29) is 62.3 Å². The maximum Gasteiger partial charge on any atom is 1.00 e. The van der Waals surface area contributed by atoms with Crippen molar-refractivity contribution in [2.45, 2.75) is 6.92 Å². The number of rotatable bonds is 0. The monoisotopic (exact) mass is 120 g/mol. The molecule has 0 aliphatic carbocycles. The normalized spacial score (nSPS) is 3.00. The van der Waals surface area contributed by atoms with Crippen LogP contribution < -0.4 is 51.4 Å². The molecular formula is C2H9KO3. The third-order valence-electron chi connectivity index (χ3n) is 0. The Morgan fingerprint density at radius 2 is 1.33 bits per heavy atom. The summed E-state index contributed by atoms with van der Waals surface area (Å²) in [5, 5.41) is 7.44. The van der Waals surface area contributed by atoms with Crippen LogP contribution in [0.3, 0.4) is 0 Å². The maximum atomic E-state index is 7.44. The van der Waals surface area contributed by atoms with Crippen LogP contribution in [0.2, 0.25) is 0 Å². The van der Waals surface area contributed by atoms with Crippen LogP contribution in [-0.2, 0) is 0 Å². The first-order valence-corrected chi connectivity index (χ1v) is 0.836. The molecule has 0 rings (SSSR count). The second kappa shape index (κ2) is 31.3. The van der Waals surface area contributed by atoms with E-state index < -0.39 is 0 Å². The van der Waals surface area contributed by atoms with Gasteiger partial charge in [-0.15, -0.1) is 0 Å². The van der Waals surface area contributed by atoms with Gasteiger partial charge in [0.2, 0.25) is 0 Å². The molecule has 6 heavy (non-hydrogen) atoms. The number of aliphatic hydroxyl groups is 1. The summed E-state index contributed by atoms with van der Waals surface area (Å²) in [6.45, 7) is 2.56.